The molecule has 2 aromatic heterocycles. The van der Waals surface area contributed by atoms with Crippen LogP contribution in [0.1, 0.15) is 21.1 Å². The SMILES string of the molecule is CN=C(NCc1cccnc1Oc1cccc(F)c1)NCc1sc(C)nc1C.I. The average Bonchev–Trinajstić information content (AvgIpc) is 3.00. The number of pyridine rings is 1. The molecule has 0 radical (unpaired) electrons. The number of aryl methyl sites for hydroxylation is 2. The van der Waals surface area contributed by atoms with Crippen molar-refractivity contribution in [3.63, 3.8) is 0 Å². The summed E-state index contributed by atoms with van der Waals surface area (Å²) >= 11 is 1.67. The standard InChI is InChI=1S/C20H22FN5OS.HI/c1-13-18(28-14(2)26-13)12-25-20(22-3)24-11-15-6-5-9-23-19(15)27-17-8-4-7-16(21)10-17;/h4-10H,11-12H2,1-3H3,(H2,22,24,25);1H. The maximum atomic E-state index is 13.4. The van der Waals surface area contributed by atoms with Gasteiger partial charge in [-0.2, -0.15) is 0 Å². The fourth-order valence-corrected chi connectivity index (χ4v) is 3.47. The summed E-state index contributed by atoms with van der Waals surface area (Å²) in [4.78, 5) is 14.1. The molecule has 0 atom stereocenters. The number of guanidine groups is 1. The highest BCUT2D eigenvalue weighted by atomic mass is 127. The second-order valence-electron chi connectivity index (χ2n) is 6.05. The summed E-state index contributed by atoms with van der Waals surface area (Å²) in [6.07, 6.45) is 1.64. The molecule has 0 unspecified atom stereocenters. The van der Waals surface area contributed by atoms with Crippen LogP contribution in [0.5, 0.6) is 11.6 Å². The van der Waals surface area contributed by atoms with Crippen molar-refractivity contribution in [2.75, 3.05) is 7.05 Å². The zero-order chi connectivity index (χ0) is 19.9. The van der Waals surface area contributed by atoms with Gasteiger partial charge < -0.3 is 15.4 Å². The van der Waals surface area contributed by atoms with Gasteiger partial charge in [0.2, 0.25) is 5.88 Å². The lowest BCUT2D eigenvalue weighted by Gasteiger charge is -2.14. The number of benzene rings is 1. The van der Waals surface area contributed by atoms with Gasteiger partial charge in [-0.05, 0) is 32.0 Å². The maximum absolute atomic E-state index is 13.4. The summed E-state index contributed by atoms with van der Waals surface area (Å²) in [6.45, 7) is 5.11. The van der Waals surface area contributed by atoms with Crippen LogP contribution in [0.3, 0.4) is 0 Å². The summed E-state index contributed by atoms with van der Waals surface area (Å²) in [5, 5.41) is 7.58. The Kier molecular flexibility index (Phi) is 8.77. The number of ether oxygens (including phenoxy) is 1. The number of nitrogens with one attached hydrogen (secondary N) is 2. The lowest BCUT2D eigenvalue weighted by Crippen LogP contribution is -2.36. The van der Waals surface area contributed by atoms with Crippen LogP contribution in [-0.4, -0.2) is 23.0 Å². The van der Waals surface area contributed by atoms with Crippen LogP contribution in [0.15, 0.2) is 47.6 Å². The summed E-state index contributed by atoms with van der Waals surface area (Å²) in [6, 6.07) is 9.71. The molecule has 0 spiro atoms. The second-order valence-corrected chi connectivity index (χ2v) is 7.34. The van der Waals surface area contributed by atoms with E-state index in [0.29, 0.717) is 30.7 Å². The van der Waals surface area contributed by atoms with E-state index in [2.05, 4.69) is 25.6 Å². The van der Waals surface area contributed by atoms with Gasteiger partial charge in [0.25, 0.3) is 0 Å². The molecule has 9 heteroatoms. The van der Waals surface area contributed by atoms with Gasteiger partial charge in [-0.1, -0.05) is 12.1 Å². The summed E-state index contributed by atoms with van der Waals surface area (Å²) in [5.41, 5.74) is 1.86. The Morgan fingerprint density at radius 3 is 2.66 bits per heavy atom. The monoisotopic (exact) mass is 527 g/mol. The maximum Gasteiger partial charge on any atom is 0.224 e. The summed E-state index contributed by atoms with van der Waals surface area (Å²) < 4.78 is 19.1. The predicted molar refractivity (Wildman–Crippen MR) is 125 cm³/mol. The third kappa shape index (κ3) is 6.64. The summed E-state index contributed by atoms with van der Waals surface area (Å²) in [5.74, 6) is 1.13. The molecule has 3 aromatic rings. The van der Waals surface area contributed by atoms with Crippen molar-refractivity contribution in [3.05, 3.63) is 69.6 Å². The minimum atomic E-state index is -0.355. The number of rotatable bonds is 6. The molecule has 3 rings (SSSR count). The van der Waals surface area contributed by atoms with Crippen molar-refractivity contribution in [2.45, 2.75) is 26.9 Å². The van der Waals surface area contributed by atoms with E-state index in [4.69, 9.17) is 4.74 Å². The number of aromatic nitrogens is 2. The van der Waals surface area contributed by atoms with E-state index in [1.807, 2.05) is 26.0 Å². The Hall–Kier alpha value is -2.27. The lowest BCUT2D eigenvalue weighted by molar-refractivity contribution is 0.450. The van der Waals surface area contributed by atoms with E-state index in [-0.39, 0.29) is 29.8 Å². The Bertz CT molecular complexity index is 979. The summed E-state index contributed by atoms with van der Waals surface area (Å²) in [7, 11) is 1.72. The van der Waals surface area contributed by atoms with E-state index in [0.717, 1.165) is 16.3 Å². The highest BCUT2D eigenvalue weighted by Gasteiger charge is 2.09. The van der Waals surface area contributed by atoms with Crippen LogP contribution >= 0.6 is 35.3 Å². The normalized spacial score (nSPS) is 11.0. The molecule has 0 fully saturated rings. The highest BCUT2D eigenvalue weighted by molar-refractivity contribution is 14.0. The molecule has 154 valence electrons. The number of halogens is 2. The van der Waals surface area contributed by atoms with Gasteiger partial charge >= 0.3 is 0 Å². The zero-order valence-corrected chi connectivity index (χ0v) is 19.5. The Balaban J connectivity index is 0.00000300. The van der Waals surface area contributed by atoms with E-state index in [1.165, 1.54) is 17.0 Å². The van der Waals surface area contributed by atoms with Crippen molar-refractivity contribution in [3.8, 4) is 11.6 Å². The smallest absolute Gasteiger partial charge is 0.224 e. The average molecular weight is 527 g/mol. The number of hydrogen-bond acceptors (Lipinski definition) is 5. The van der Waals surface area contributed by atoms with Crippen molar-refractivity contribution >= 4 is 41.3 Å². The van der Waals surface area contributed by atoms with Crippen LogP contribution < -0.4 is 15.4 Å². The molecule has 2 heterocycles. The van der Waals surface area contributed by atoms with E-state index in [1.54, 1.807) is 36.7 Å². The van der Waals surface area contributed by atoms with Crippen LogP contribution in [-0.2, 0) is 13.1 Å². The van der Waals surface area contributed by atoms with Crippen molar-refractivity contribution in [1.29, 1.82) is 0 Å². The van der Waals surface area contributed by atoms with Gasteiger partial charge in [0.05, 0.1) is 17.2 Å². The van der Waals surface area contributed by atoms with E-state index in [9.17, 15) is 4.39 Å². The number of thiazole rings is 1. The molecule has 29 heavy (non-hydrogen) atoms. The molecule has 0 aliphatic carbocycles. The zero-order valence-electron chi connectivity index (χ0n) is 16.4. The second kappa shape index (κ2) is 11.1. The molecule has 0 saturated heterocycles. The number of aliphatic imine (C=N–C) groups is 1. The molecule has 2 N–H and O–H groups in total. The van der Waals surface area contributed by atoms with Crippen LogP contribution in [0.2, 0.25) is 0 Å². The van der Waals surface area contributed by atoms with Gasteiger partial charge in [0.1, 0.15) is 11.6 Å². The minimum Gasteiger partial charge on any atom is -0.439 e. The molecule has 0 saturated carbocycles. The van der Waals surface area contributed by atoms with Crippen molar-refractivity contribution < 1.29 is 9.13 Å². The van der Waals surface area contributed by atoms with E-state index < -0.39 is 0 Å². The van der Waals surface area contributed by atoms with Crippen molar-refractivity contribution in [1.82, 2.24) is 20.6 Å². The Morgan fingerprint density at radius 2 is 1.97 bits per heavy atom. The minimum absolute atomic E-state index is 0. The third-order valence-corrected chi connectivity index (χ3v) is 5.02. The first-order chi connectivity index (χ1) is 13.5. The fraction of sp³-hybridized carbons (Fsp3) is 0.250. The van der Waals surface area contributed by atoms with E-state index >= 15 is 0 Å². The van der Waals surface area contributed by atoms with Gasteiger partial charge in [0, 0.05) is 36.3 Å². The first-order valence-electron chi connectivity index (χ1n) is 8.80. The molecular weight excluding hydrogens is 504 g/mol. The third-order valence-electron chi connectivity index (χ3n) is 3.95. The highest BCUT2D eigenvalue weighted by Crippen LogP contribution is 2.23. The first kappa shape index (κ1) is 23.0. The molecule has 0 aliphatic rings. The molecule has 0 bridgehead atoms. The fourth-order valence-electron chi connectivity index (χ4n) is 2.59. The first-order valence-corrected chi connectivity index (χ1v) is 9.61. The molecular formula is C20H23FIN5OS. The van der Waals surface area contributed by atoms with Crippen LogP contribution in [0, 0.1) is 19.7 Å². The number of hydrogen-bond donors (Lipinski definition) is 2. The molecule has 6 nitrogen and oxygen atoms in total. The Morgan fingerprint density at radius 1 is 1.17 bits per heavy atom. The van der Waals surface area contributed by atoms with Crippen molar-refractivity contribution in [2.24, 2.45) is 4.99 Å². The molecule has 1 aromatic carbocycles. The van der Waals surface area contributed by atoms with Gasteiger partial charge in [0.15, 0.2) is 5.96 Å². The van der Waals surface area contributed by atoms with Gasteiger partial charge in [-0.25, -0.2) is 14.4 Å². The predicted octanol–water partition coefficient (Wildman–Crippen LogP) is 4.57. The molecule has 0 aliphatic heterocycles. The van der Waals surface area contributed by atoms with Crippen LogP contribution in [0.25, 0.3) is 0 Å². The quantitative estimate of drug-likeness (QED) is 0.279. The number of nitrogens with zero attached hydrogens (tertiary/aromatic N) is 3. The lowest BCUT2D eigenvalue weighted by atomic mass is 10.2. The van der Waals surface area contributed by atoms with Crippen LogP contribution in [0.4, 0.5) is 4.39 Å². The van der Waals surface area contributed by atoms with Gasteiger partial charge in [-0.15, -0.1) is 35.3 Å². The molecule has 0 amide bonds. The Labute approximate surface area is 190 Å². The van der Waals surface area contributed by atoms with Gasteiger partial charge in [-0.3, -0.25) is 4.99 Å². The topological polar surface area (TPSA) is 71.4 Å². The largest absolute Gasteiger partial charge is 0.439 e.